The second-order valence-corrected chi connectivity index (χ2v) is 5.34. The van der Waals surface area contributed by atoms with E-state index < -0.39 is 0 Å². The molecule has 0 aliphatic rings. The maximum absolute atomic E-state index is 4.55. The number of hydrogen-bond donors (Lipinski definition) is 0. The maximum Gasteiger partial charge on any atom is 0.194 e. The van der Waals surface area contributed by atoms with Crippen LogP contribution in [0.3, 0.4) is 0 Å². The highest BCUT2D eigenvalue weighted by molar-refractivity contribution is 14.1. The summed E-state index contributed by atoms with van der Waals surface area (Å²) in [6.45, 7) is 0. The third kappa shape index (κ3) is 1.68. The number of halogens is 1. The number of hydrogen-bond acceptors (Lipinski definition) is 2. The monoisotopic (exact) mass is 326 g/mol. The maximum atomic E-state index is 4.55. The summed E-state index contributed by atoms with van der Waals surface area (Å²) in [6.07, 6.45) is 4.09. The molecule has 0 saturated carbocycles. The van der Waals surface area contributed by atoms with Crippen LogP contribution in [-0.4, -0.2) is 9.38 Å². The molecule has 4 heteroatoms. The van der Waals surface area contributed by atoms with Gasteiger partial charge in [0.2, 0.25) is 0 Å². The van der Waals surface area contributed by atoms with Gasteiger partial charge >= 0.3 is 0 Å². The Morgan fingerprint density at radius 2 is 2.00 bits per heavy atom. The Labute approximate surface area is 105 Å². The zero-order valence-electron chi connectivity index (χ0n) is 7.72. The standard InChI is InChI=1S/C11H7IN2S/c12-9-3-1-8(2-4-9)10-7-14-5-6-15-11(14)13-10/h1-7H. The Balaban J connectivity index is 2.13. The van der Waals surface area contributed by atoms with Crippen LogP contribution in [0, 0.1) is 3.57 Å². The molecule has 0 aliphatic carbocycles. The van der Waals surface area contributed by atoms with Gasteiger partial charge < -0.3 is 0 Å². The molecular formula is C11H7IN2S. The van der Waals surface area contributed by atoms with E-state index in [0.29, 0.717) is 0 Å². The van der Waals surface area contributed by atoms with Crippen molar-refractivity contribution in [3.8, 4) is 11.3 Å². The fourth-order valence-electron chi connectivity index (χ4n) is 1.49. The summed E-state index contributed by atoms with van der Waals surface area (Å²) in [6, 6.07) is 8.41. The van der Waals surface area contributed by atoms with Gasteiger partial charge in [-0.3, -0.25) is 4.40 Å². The van der Waals surface area contributed by atoms with Crippen LogP contribution in [0.25, 0.3) is 16.2 Å². The minimum absolute atomic E-state index is 1.04. The molecule has 0 unspecified atom stereocenters. The molecular weight excluding hydrogens is 319 g/mol. The molecule has 74 valence electrons. The average Bonchev–Trinajstić information content (AvgIpc) is 2.78. The van der Waals surface area contributed by atoms with Crippen LogP contribution >= 0.6 is 33.9 Å². The van der Waals surface area contributed by atoms with Crippen LogP contribution in [0.1, 0.15) is 0 Å². The molecule has 1 aromatic carbocycles. The Morgan fingerprint density at radius 1 is 1.20 bits per heavy atom. The average molecular weight is 326 g/mol. The molecule has 0 radical (unpaired) electrons. The highest BCUT2D eigenvalue weighted by atomic mass is 127. The molecule has 0 saturated heterocycles. The van der Waals surface area contributed by atoms with Gasteiger partial charge in [-0.05, 0) is 34.7 Å². The molecule has 0 atom stereocenters. The van der Waals surface area contributed by atoms with Crippen molar-refractivity contribution in [2.45, 2.75) is 0 Å². The largest absolute Gasteiger partial charge is 0.297 e. The molecule has 0 bridgehead atoms. The summed E-state index contributed by atoms with van der Waals surface area (Å²) in [5, 5.41) is 2.04. The molecule has 15 heavy (non-hydrogen) atoms. The molecule has 0 fully saturated rings. The lowest BCUT2D eigenvalue weighted by molar-refractivity contribution is 1.23. The molecule has 3 aromatic rings. The molecule has 0 N–H and O–H groups in total. The smallest absolute Gasteiger partial charge is 0.194 e. The van der Waals surface area contributed by atoms with Gasteiger partial charge in [0.15, 0.2) is 4.96 Å². The van der Waals surface area contributed by atoms with Gasteiger partial charge in [0.25, 0.3) is 0 Å². The van der Waals surface area contributed by atoms with E-state index in [2.05, 4.69) is 62.4 Å². The van der Waals surface area contributed by atoms with E-state index in [0.717, 1.165) is 10.7 Å². The third-order valence-electron chi connectivity index (χ3n) is 2.23. The van der Waals surface area contributed by atoms with Gasteiger partial charge in [0.1, 0.15) is 0 Å². The summed E-state index contributed by atoms with van der Waals surface area (Å²) >= 11 is 3.96. The van der Waals surface area contributed by atoms with Crippen molar-refractivity contribution in [3.05, 3.63) is 45.6 Å². The van der Waals surface area contributed by atoms with E-state index in [1.54, 1.807) is 11.3 Å². The summed E-state index contributed by atoms with van der Waals surface area (Å²) in [4.78, 5) is 5.60. The highest BCUT2D eigenvalue weighted by Crippen LogP contribution is 2.22. The first-order valence-electron chi connectivity index (χ1n) is 4.51. The summed E-state index contributed by atoms with van der Waals surface area (Å²) in [7, 11) is 0. The number of fused-ring (bicyclic) bond motifs is 1. The van der Waals surface area contributed by atoms with Gasteiger partial charge in [-0.15, -0.1) is 11.3 Å². The van der Waals surface area contributed by atoms with Gasteiger partial charge in [-0.2, -0.15) is 0 Å². The van der Waals surface area contributed by atoms with Crippen LogP contribution in [0.15, 0.2) is 42.0 Å². The lowest BCUT2D eigenvalue weighted by Crippen LogP contribution is -1.77. The number of nitrogens with zero attached hydrogens (tertiary/aromatic N) is 2. The van der Waals surface area contributed by atoms with E-state index in [-0.39, 0.29) is 0 Å². The SMILES string of the molecule is Ic1ccc(-c2cn3ccsc3n2)cc1. The zero-order valence-corrected chi connectivity index (χ0v) is 10.7. The number of benzene rings is 1. The van der Waals surface area contributed by atoms with Crippen molar-refractivity contribution in [1.82, 2.24) is 9.38 Å². The lowest BCUT2D eigenvalue weighted by Gasteiger charge is -1.95. The zero-order chi connectivity index (χ0) is 10.3. The number of aromatic nitrogens is 2. The highest BCUT2D eigenvalue weighted by Gasteiger charge is 2.04. The van der Waals surface area contributed by atoms with Gasteiger partial charge in [-0.25, -0.2) is 4.98 Å². The quantitative estimate of drug-likeness (QED) is 0.624. The Bertz CT molecular complexity index is 566. The van der Waals surface area contributed by atoms with Crippen molar-refractivity contribution in [3.63, 3.8) is 0 Å². The second kappa shape index (κ2) is 3.61. The van der Waals surface area contributed by atoms with Crippen LogP contribution in [0.5, 0.6) is 0 Å². The molecule has 2 nitrogen and oxygen atoms in total. The third-order valence-corrected chi connectivity index (χ3v) is 3.72. The molecule has 3 rings (SSSR count). The van der Waals surface area contributed by atoms with Gasteiger partial charge in [0.05, 0.1) is 5.69 Å². The van der Waals surface area contributed by atoms with Crippen LogP contribution in [-0.2, 0) is 0 Å². The van der Waals surface area contributed by atoms with Crippen LogP contribution in [0.2, 0.25) is 0 Å². The normalized spacial score (nSPS) is 11.0. The van der Waals surface area contributed by atoms with E-state index in [1.165, 1.54) is 9.13 Å². The lowest BCUT2D eigenvalue weighted by atomic mass is 10.2. The number of imidazole rings is 1. The Kier molecular flexibility index (Phi) is 2.25. The summed E-state index contributed by atoms with van der Waals surface area (Å²) < 4.78 is 3.30. The minimum atomic E-state index is 1.04. The molecule has 0 amide bonds. The van der Waals surface area contributed by atoms with Crippen LogP contribution in [0.4, 0.5) is 0 Å². The predicted molar refractivity (Wildman–Crippen MR) is 71.2 cm³/mol. The molecule has 0 spiro atoms. The van der Waals surface area contributed by atoms with E-state index in [4.69, 9.17) is 0 Å². The first kappa shape index (κ1) is 9.35. The van der Waals surface area contributed by atoms with Crippen LogP contribution < -0.4 is 0 Å². The van der Waals surface area contributed by atoms with Crippen molar-refractivity contribution in [2.75, 3.05) is 0 Å². The van der Waals surface area contributed by atoms with E-state index >= 15 is 0 Å². The first-order chi connectivity index (χ1) is 7.33. The number of rotatable bonds is 1. The first-order valence-corrected chi connectivity index (χ1v) is 6.47. The van der Waals surface area contributed by atoms with E-state index in [1.807, 2.05) is 11.6 Å². The molecule has 2 heterocycles. The van der Waals surface area contributed by atoms with Gasteiger partial charge in [0, 0.05) is 26.9 Å². The summed E-state index contributed by atoms with van der Waals surface area (Å²) in [5.41, 5.74) is 2.21. The predicted octanol–water partition coefficient (Wildman–Crippen LogP) is 3.67. The topological polar surface area (TPSA) is 17.3 Å². The van der Waals surface area contributed by atoms with Crippen molar-refractivity contribution in [1.29, 1.82) is 0 Å². The number of thiazole rings is 1. The second-order valence-electron chi connectivity index (χ2n) is 3.23. The van der Waals surface area contributed by atoms with Crippen molar-refractivity contribution >= 4 is 38.9 Å². The summed E-state index contributed by atoms with van der Waals surface area (Å²) in [5.74, 6) is 0. The fraction of sp³-hybridized carbons (Fsp3) is 0. The van der Waals surface area contributed by atoms with Gasteiger partial charge in [-0.1, -0.05) is 12.1 Å². The Hall–Kier alpha value is -0.880. The van der Waals surface area contributed by atoms with Crippen molar-refractivity contribution < 1.29 is 0 Å². The molecule has 0 aliphatic heterocycles. The van der Waals surface area contributed by atoms with E-state index in [9.17, 15) is 0 Å². The molecule has 2 aromatic heterocycles. The fourth-order valence-corrected chi connectivity index (χ4v) is 2.55. The minimum Gasteiger partial charge on any atom is -0.297 e. The van der Waals surface area contributed by atoms with Crippen molar-refractivity contribution in [2.24, 2.45) is 0 Å². The Morgan fingerprint density at radius 3 is 2.73 bits per heavy atom.